The molecule has 0 N–H and O–H groups in total. The number of likely N-dealkylation sites (N-methyl/N-ethyl adjacent to an activating group) is 1. The minimum absolute atomic E-state index is 0.0390. The second-order valence-electron chi connectivity index (χ2n) is 18.4. The normalized spacial score (nSPS) is 13.2. The lowest BCUT2D eigenvalue weighted by molar-refractivity contribution is -0.889. The van der Waals surface area contributed by atoms with Crippen molar-refractivity contribution < 1.29 is 38.2 Å². The number of aliphatic carboxylic acids is 1. The van der Waals surface area contributed by atoms with Crippen molar-refractivity contribution in [1.29, 1.82) is 0 Å². The number of carboxylic acid groups (broad SMARTS) is 1. The number of rotatable bonds is 46. The predicted octanol–water partition coefficient (Wildman–Crippen LogP) is 13.4. The molecule has 360 valence electrons. The highest BCUT2D eigenvalue weighted by atomic mass is 16.6. The average Bonchev–Trinajstić information content (AvgIpc) is 3.23. The van der Waals surface area contributed by atoms with Crippen molar-refractivity contribution in [2.45, 2.75) is 238 Å². The van der Waals surface area contributed by atoms with Crippen LogP contribution in [0.2, 0.25) is 0 Å². The molecule has 2 unspecified atom stereocenters. The molecule has 0 heterocycles. The van der Waals surface area contributed by atoms with E-state index in [0.717, 1.165) is 64.2 Å². The molecule has 0 aliphatic heterocycles. The molecule has 2 atom stereocenters. The average molecular weight is 872 g/mol. The van der Waals surface area contributed by atoms with E-state index in [1.165, 1.54) is 128 Å². The Morgan fingerprint density at radius 1 is 0.500 bits per heavy atom. The zero-order valence-corrected chi connectivity index (χ0v) is 41.0. The number of carboxylic acids is 1. The molecule has 0 spiro atoms. The summed E-state index contributed by atoms with van der Waals surface area (Å²) in [4.78, 5) is 37.0. The Hall–Kier alpha value is -2.71. The van der Waals surface area contributed by atoms with E-state index >= 15 is 0 Å². The third-order valence-corrected chi connectivity index (χ3v) is 11.4. The van der Waals surface area contributed by atoms with Crippen LogP contribution in [0.4, 0.5) is 0 Å². The van der Waals surface area contributed by atoms with Crippen molar-refractivity contribution >= 4 is 17.9 Å². The molecule has 0 fully saturated rings. The van der Waals surface area contributed by atoms with Crippen LogP contribution in [0.25, 0.3) is 0 Å². The largest absolute Gasteiger partial charge is 0.544 e. The minimum Gasteiger partial charge on any atom is -0.544 e. The Morgan fingerprint density at radius 2 is 0.903 bits per heavy atom. The first-order valence-corrected chi connectivity index (χ1v) is 25.7. The fraction of sp³-hybridized carbons (Fsp3) is 0.796. The Kier molecular flexibility index (Phi) is 42.9. The van der Waals surface area contributed by atoms with Gasteiger partial charge in [0.15, 0.2) is 6.10 Å². The van der Waals surface area contributed by atoms with Crippen LogP contribution in [0.5, 0.6) is 0 Å². The van der Waals surface area contributed by atoms with Crippen LogP contribution in [0, 0.1) is 0 Å². The Balaban J connectivity index is 4.23. The van der Waals surface area contributed by atoms with Gasteiger partial charge in [-0.1, -0.05) is 184 Å². The second kappa shape index (κ2) is 44.9. The predicted molar refractivity (Wildman–Crippen MR) is 259 cm³/mol. The zero-order chi connectivity index (χ0) is 45.6. The van der Waals surface area contributed by atoms with Gasteiger partial charge < -0.3 is 28.6 Å². The summed E-state index contributed by atoms with van der Waals surface area (Å²) in [6.07, 6.45) is 54.2. The number of hydrogen-bond acceptors (Lipinski definition) is 7. The monoisotopic (exact) mass is 872 g/mol. The third kappa shape index (κ3) is 42.6. The molecular formula is C54H97NO7. The van der Waals surface area contributed by atoms with Gasteiger partial charge >= 0.3 is 11.9 Å². The number of hydrogen-bond donors (Lipinski definition) is 0. The van der Waals surface area contributed by atoms with Crippen LogP contribution >= 0.6 is 0 Å². The molecule has 0 bridgehead atoms. The maximum atomic E-state index is 12.8. The van der Waals surface area contributed by atoms with Crippen molar-refractivity contribution in [2.75, 3.05) is 41.0 Å². The maximum absolute atomic E-state index is 12.8. The molecule has 0 aliphatic rings. The number of unbranched alkanes of at least 4 members (excludes halogenated alkanes) is 24. The van der Waals surface area contributed by atoms with E-state index < -0.39 is 18.1 Å². The van der Waals surface area contributed by atoms with Crippen LogP contribution < -0.4 is 5.11 Å². The Labute approximate surface area is 382 Å². The molecule has 0 radical (unpaired) electrons. The van der Waals surface area contributed by atoms with Gasteiger partial charge in [-0.25, -0.2) is 0 Å². The van der Waals surface area contributed by atoms with Gasteiger partial charge in [-0.3, -0.25) is 9.59 Å². The van der Waals surface area contributed by atoms with Crippen LogP contribution in [0.3, 0.4) is 0 Å². The Bertz CT molecular complexity index is 1150. The quantitative estimate of drug-likeness (QED) is 0.0260. The van der Waals surface area contributed by atoms with Crippen LogP contribution in [-0.4, -0.2) is 75.5 Å². The van der Waals surface area contributed by atoms with Crippen LogP contribution in [0.15, 0.2) is 48.6 Å². The number of carbonyl (C=O) groups is 3. The Morgan fingerprint density at radius 3 is 1.32 bits per heavy atom. The van der Waals surface area contributed by atoms with Crippen molar-refractivity contribution in [3.63, 3.8) is 0 Å². The summed E-state index contributed by atoms with van der Waals surface area (Å²) < 4.78 is 17.2. The first-order valence-electron chi connectivity index (χ1n) is 25.7. The summed E-state index contributed by atoms with van der Waals surface area (Å²) in [5.41, 5.74) is 0. The number of nitrogens with zero attached hydrogens (tertiary/aromatic N) is 1. The number of carbonyl (C=O) groups excluding carboxylic acids is 3. The molecule has 0 saturated carbocycles. The summed E-state index contributed by atoms with van der Waals surface area (Å²) in [5.74, 6) is -1.74. The summed E-state index contributed by atoms with van der Waals surface area (Å²) >= 11 is 0. The molecule has 0 aromatic heterocycles. The van der Waals surface area contributed by atoms with Crippen molar-refractivity contribution in [2.24, 2.45) is 0 Å². The summed E-state index contributed by atoms with van der Waals surface area (Å²) in [7, 11) is 5.42. The standard InChI is InChI=1S/C54H97NO7/c1-6-8-10-12-14-16-18-20-22-24-25-26-27-29-31-33-35-37-39-41-43-45-53(57)62-50(48-60-47-46-51(54(58)59)55(3,4)5)49-61-52(56)44-42-40-38-36-34-32-30-28-23-21-19-17-15-13-11-9-7-2/h8,10,14-17,21,23,50-51H,6-7,9,11-13,18-20,22,24-49H2,1-5H3/b10-8+,16-14+,17-15+,23-21+. The topological polar surface area (TPSA) is 102 Å². The highest BCUT2D eigenvalue weighted by molar-refractivity contribution is 5.70. The zero-order valence-electron chi connectivity index (χ0n) is 41.0. The van der Waals surface area contributed by atoms with E-state index in [0.29, 0.717) is 12.8 Å². The molecule has 0 aromatic rings. The van der Waals surface area contributed by atoms with Gasteiger partial charge in [-0.2, -0.15) is 0 Å². The highest BCUT2D eigenvalue weighted by Gasteiger charge is 2.25. The highest BCUT2D eigenvalue weighted by Crippen LogP contribution is 2.16. The summed E-state index contributed by atoms with van der Waals surface area (Å²) in [6.45, 7) is 4.55. The molecule has 0 aliphatic carbocycles. The number of allylic oxidation sites excluding steroid dienone is 8. The smallest absolute Gasteiger partial charge is 0.306 e. The van der Waals surface area contributed by atoms with Gasteiger partial charge in [-0.15, -0.1) is 0 Å². The van der Waals surface area contributed by atoms with E-state index in [9.17, 15) is 19.5 Å². The fourth-order valence-corrected chi connectivity index (χ4v) is 7.49. The number of esters is 2. The van der Waals surface area contributed by atoms with Crippen molar-refractivity contribution in [3.8, 4) is 0 Å². The fourth-order valence-electron chi connectivity index (χ4n) is 7.49. The van der Waals surface area contributed by atoms with Crippen LogP contribution in [-0.2, 0) is 28.6 Å². The van der Waals surface area contributed by atoms with E-state index in [-0.39, 0.29) is 42.7 Å². The summed E-state index contributed by atoms with van der Waals surface area (Å²) in [6, 6.07) is -0.727. The van der Waals surface area contributed by atoms with E-state index in [1.807, 2.05) is 0 Å². The number of quaternary nitrogens is 1. The molecule has 0 rings (SSSR count). The van der Waals surface area contributed by atoms with E-state index in [2.05, 4.69) is 62.5 Å². The first-order chi connectivity index (χ1) is 30.1. The van der Waals surface area contributed by atoms with Gasteiger partial charge in [0.05, 0.1) is 40.3 Å². The van der Waals surface area contributed by atoms with Gasteiger partial charge in [-0.05, 0) is 70.6 Å². The van der Waals surface area contributed by atoms with Crippen molar-refractivity contribution in [3.05, 3.63) is 48.6 Å². The molecule has 8 nitrogen and oxygen atoms in total. The van der Waals surface area contributed by atoms with E-state index in [1.54, 1.807) is 21.1 Å². The van der Waals surface area contributed by atoms with Gasteiger partial charge in [0.2, 0.25) is 0 Å². The van der Waals surface area contributed by atoms with Gasteiger partial charge in [0.1, 0.15) is 12.6 Å². The number of ether oxygens (including phenoxy) is 3. The third-order valence-electron chi connectivity index (χ3n) is 11.4. The first kappa shape index (κ1) is 59.3. The van der Waals surface area contributed by atoms with Crippen molar-refractivity contribution in [1.82, 2.24) is 0 Å². The lowest BCUT2D eigenvalue weighted by atomic mass is 10.0. The van der Waals surface area contributed by atoms with E-state index in [4.69, 9.17) is 14.2 Å². The van der Waals surface area contributed by atoms with Gasteiger partial charge in [0, 0.05) is 19.3 Å². The molecule has 0 saturated heterocycles. The second-order valence-corrected chi connectivity index (χ2v) is 18.4. The molecule has 62 heavy (non-hydrogen) atoms. The molecule has 8 heteroatoms. The van der Waals surface area contributed by atoms with Gasteiger partial charge in [0.25, 0.3) is 0 Å². The lowest BCUT2D eigenvalue weighted by Gasteiger charge is -2.34. The van der Waals surface area contributed by atoms with Crippen LogP contribution in [0.1, 0.15) is 226 Å². The lowest BCUT2D eigenvalue weighted by Crippen LogP contribution is -2.55. The SMILES string of the molecule is CC/C=C/C/C=C/CCCCCCCCCCCCCCCCC(=O)OC(COCCC(C(=O)[O-])[N+](C)(C)C)COC(=O)CCCCCCCCC/C=C/C/C=C/CCCCC. The summed E-state index contributed by atoms with van der Waals surface area (Å²) in [5, 5.41) is 11.7. The minimum atomic E-state index is -1.12. The molecule has 0 amide bonds. The molecular weight excluding hydrogens is 775 g/mol. The maximum Gasteiger partial charge on any atom is 0.306 e. The molecule has 0 aromatic carbocycles.